The number of thioether (sulfide) groups is 1. The van der Waals surface area contributed by atoms with Crippen molar-refractivity contribution in [2.75, 3.05) is 52.1 Å². The van der Waals surface area contributed by atoms with E-state index in [2.05, 4.69) is 4.90 Å². The van der Waals surface area contributed by atoms with E-state index in [9.17, 15) is 9.59 Å². The minimum Gasteiger partial charge on any atom is -0.497 e. The van der Waals surface area contributed by atoms with Crippen LogP contribution in [0.2, 0.25) is 0 Å². The van der Waals surface area contributed by atoms with Gasteiger partial charge in [0.25, 0.3) is 0 Å². The van der Waals surface area contributed by atoms with Gasteiger partial charge in [-0.05, 0) is 30.5 Å². The molecule has 0 aromatic heterocycles. The normalized spacial score (nSPS) is 23.7. The minimum absolute atomic E-state index is 0.0844. The van der Waals surface area contributed by atoms with Gasteiger partial charge in [-0.1, -0.05) is 12.1 Å². The number of benzene rings is 1. The van der Waals surface area contributed by atoms with Crippen molar-refractivity contribution in [1.29, 1.82) is 0 Å². The molecule has 2 heterocycles. The average molecular weight is 390 g/mol. The number of amides is 2. The first-order valence-corrected chi connectivity index (χ1v) is 10.8. The van der Waals surface area contributed by atoms with Crippen LogP contribution in [0.15, 0.2) is 24.3 Å². The SMILES string of the molecule is COc1ccc(C2SCC(=O)N2CCN2CCN(C(=O)C3CC3)CC2)cc1. The molecule has 27 heavy (non-hydrogen) atoms. The van der Waals surface area contributed by atoms with Crippen molar-refractivity contribution in [3.8, 4) is 5.75 Å². The highest BCUT2D eigenvalue weighted by molar-refractivity contribution is 8.00. The largest absolute Gasteiger partial charge is 0.497 e. The number of hydrogen-bond acceptors (Lipinski definition) is 5. The number of piperazine rings is 1. The number of hydrogen-bond donors (Lipinski definition) is 0. The van der Waals surface area contributed by atoms with Crippen molar-refractivity contribution in [3.63, 3.8) is 0 Å². The molecule has 0 spiro atoms. The Hall–Kier alpha value is -1.73. The molecule has 1 aromatic carbocycles. The molecule has 2 amide bonds. The third-order valence-corrected chi connectivity index (χ3v) is 6.89. The molecule has 1 unspecified atom stereocenters. The van der Waals surface area contributed by atoms with Gasteiger partial charge in [-0.25, -0.2) is 0 Å². The van der Waals surface area contributed by atoms with Crippen molar-refractivity contribution in [2.45, 2.75) is 18.2 Å². The van der Waals surface area contributed by atoms with Crippen LogP contribution in [0.1, 0.15) is 23.8 Å². The molecule has 146 valence electrons. The zero-order valence-electron chi connectivity index (χ0n) is 15.8. The first kappa shape index (κ1) is 18.6. The van der Waals surface area contributed by atoms with Crippen molar-refractivity contribution >= 4 is 23.6 Å². The molecule has 0 bridgehead atoms. The van der Waals surface area contributed by atoms with Crippen LogP contribution in [-0.4, -0.2) is 78.6 Å². The summed E-state index contributed by atoms with van der Waals surface area (Å²) in [4.78, 5) is 30.9. The smallest absolute Gasteiger partial charge is 0.233 e. The van der Waals surface area contributed by atoms with Crippen LogP contribution < -0.4 is 4.74 Å². The Morgan fingerprint density at radius 3 is 2.44 bits per heavy atom. The Bertz CT molecular complexity index is 684. The van der Waals surface area contributed by atoms with E-state index < -0.39 is 0 Å². The zero-order chi connectivity index (χ0) is 18.8. The Morgan fingerprint density at radius 1 is 1.11 bits per heavy atom. The maximum Gasteiger partial charge on any atom is 0.233 e. The molecule has 4 rings (SSSR count). The third-order valence-electron chi connectivity index (χ3n) is 5.64. The molecule has 6 nitrogen and oxygen atoms in total. The van der Waals surface area contributed by atoms with Gasteiger partial charge in [0.1, 0.15) is 11.1 Å². The summed E-state index contributed by atoms with van der Waals surface area (Å²) in [5.41, 5.74) is 1.14. The van der Waals surface area contributed by atoms with Gasteiger partial charge in [-0.2, -0.15) is 0 Å². The molecular formula is C20H27N3O3S. The van der Waals surface area contributed by atoms with Crippen LogP contribution in [0, 0.1) is 5.92 Å². The third kappa shape index (κ3) is 4.24. The lowest BCUT2D eigenvalue weighted by molar-refractivity contribution is -0.134. The van der Waals surface area contributed by atoms with Gasteiger partial charge in [0.05, 0.1) is 12.9 Å². The van der Waals surface area contributed by atoms with Gasteiger partial charge in [0.15, 0.2) is 0 Å². The van der Waals surface area contributed by atoms with Crippen molar-refractivity contribution in [2.24, 2.45) is 5.92 Å². The fourth-order valence-electron chi connectivity index (χ4n) is 3.77. The Morgan fingerprint density at radius 2 is 1.81 bits per heavy atom. The highest BCUT2D eigenvalue weighted by Gasteiger charge is 2.35. The Kier molecular flexibility index (Phi) is 5.59. The molecule has 7 heteroatoms. The summed E-state index contributed by atoms with van der Waals surface area (Å²) in [6, 6.07) is 7.99. The summed E-state index contributed by atoms with van der Waals surface area (Å²) >= 11 is 1.69. The lowest BCUT2D eigenvalue weighted by Crippen LogP contribution is -2.50. The first-order valence-electron chi connectivity index (χ1n) is 9.72. The van der Waals surface area contributed by atoms with E-state index in [-0.39, 0.29) is 11.3 Å². The zero-order valence-corrected chi connectivity index (χ0v) is 16.6. The summed E-state index contributed by atoms with van der Waals surface area (Å²) in [7, 11) is 1.66. The van der Waals surface area contributed by atoms with Gasteiger partial charge in [-0.15, -0.1) is 11.8 Å². The lowest BCUT2D eigenvalue weighted by Gasteiger charge is -2.36. The van der Waals surface area contributed by atoms with Gasteiger partial charge in [0.2, 0.25) is 11.8 Å². The molecule has 1 aromatic rings. The van der Waals surface area contributed by atoms with Crippen LogP contribution in [-0.2, 0) is 9.59 Å². The number of ether oxygens (including phenoxy) is 1. The van der Waals surface area contributed by atoms with Crippen LogP contribution >= 0.6 is 11.8 Å². The monoisotopic (exact) mass is 389 g/mol. The quantitative estimate of drug-likeness (QED) is 0.743. The second kappa shape index (κ2) is 8.10. The molecule has 1 aliphatic carbocycles. The number of rotatable bonds is 6. The van der Waals surface area contributed by atoms with Gasteiger partial charge in [0, 0.05) is 45.2 Å². The lowest BCUT2D eigenvalue weighted by atomic mass is 10.2. The molecular weight excluding hydrogens is 362 g/mol. The van der Waals surface area contributed by atoms with E-state index in [1.807, 2.05) is 34.1 Å². The van der Waals surface area contributed by atoms with Crippen molar-refractivity contribution in [1.82, 2.24) is 14.7 Å². The molecule has 2 aliphatic heterocycles. The van der Waals surface area contributed by atoms with Gasteiger partial charge >= 0.3 is 0 Å². The molecule has 0 radical (unpaired) electrons. The molecule has 1 atom stereocenters. The second-order valence-electron chi connectivity index (χ2n) is 7.46. The maximum atomic E-state index is 12.4. The summed E-state index contributed by atoms with van der Waals surface area (Å²) < 4.78 is 5.23. The van der Waals surface area contributed by atoms with Crippen LogP contribution in [0.5, 0.6) is 5.75 Å². The van der Waals surface area contributed by atoms with E-state index in [1.165, 1.54) is 0 Å². The summed E-state index contributed by atoms with van der Waals surface area (Å²) in [6.07, 6.45) is 2.14. The number of carbonyl (C=O) groups is 2. The van der Waals surface area contributed by atoms with E-state index in [0.29, 0.717) is 17.6 Å². The van der Waals surface area contributed by atoms with Crippen LogP contribution in [0.4, 0.5) is 0 Å². The predicted molar refractivity (Wildman–Crippen MR) is 106 cm³/mol. The maximum absolute atomic E-state index is 12.4. The second-order valence-corrected chi connectivity index (χ2v) is 8.53. The first-order chi connectivity index (χ1) is 13.2. The summed E-state index contributed by atoms with van der Waals surface area (Å²) in [5.74, 6) is 2.24. The fourth-order valence-corrected chi connectivity index (χ4v) is 4.99. The Labute approximate surface area is 164 Å². The van der Waals surface area contributed by atoms with E-state index in [0.717, 1.165) is 63.4 Å². The average Bonchev–Trinajstić information content (AvgIpc) is 3.50. The van der Waals surface area contributed by atoms with Gasteiger partial charge in [-0.3, -0.25) is 14.5 Å². The van der Waals surface area contributed by atoms with Crippen molar-refractivity contribution in [3.05, 3.63) is 29.8 Å². The topological polar surface area (TPSA) is 53.1 Å². The van der Waals surface area contributed by atoms with E-state index in [1.54, 1.807) is 18.9 Å². The molecule has 0 N–H and O–H groups in total. The minimum atomic E-state index is 0.0844. The number of methoxy groups -OCH3 is 1. The highest BCUT2D eigenvalue weighted by Crippen LogP contribution is 2.38. The summed E-state index contributed by atoms with van der Waals surface area (Å²) in [5, 5.41) is 0.0844. The van der Waals surface area contributed by atoms with E-state index >= 15 is 0 Å². The van der Waals surface area contributed by atoms with Crippen LogP contribution in [0.25, 0.3) is 0 Å². The van der Waals surface area contributed by atoms with Crippen LogP contribution in [0.3, 0.4) is 0 Å². The Balaban J connectivity index is 1.29. The van der Waals surface area contributed by atoms with Crippen molar-refractivity contribution < 1.29 is 14.3 Å². The summed E-state index contributed by atoms with van der Waals surface area (Å²) in [6.45, 7) is 5.05. The van der Waals surface area contributed by atoms with Gasteiger partial charge < -0.3 is 14.5 Å². The van der Waals surface area contributed by atoms with E-state index in [4.69, 9.17) is 4.74 Å². The molecule has 2 saturated heterocycles. The highest BCUT2D eigenvalue weighted by atomic mass is 32.2. The number of nitrogens with zero attached hydrogens (tertiary/aromatic N) is 3. The molecule has 3 fully saturated rings. The number of carbonyl (C=O) groups excluding carboxylic acids is 2. The predicted octanol–water partition coefficient (Wildman–Crippen LogP) is 1.82. The standard InChI is InChI=1S/C20H27N3O3S/c1-26-17-6-4-16(5-7-17)20-23(18(24)14-27-20)13-10-21-8-11-22(12-9-21)19(25)15-2-3-15/h4-7,15,20H,2-3,8-14H2,1H3. The molecule has 1 saturated carbocycles. The fraction of sp³-hybridized carbons (Fsp3) is 0.600. The molecule has 3 aliphatic rings.